The fourth-order valence-electron chi connectivity index (χ4n) is 4.28. The van der Waals surface area contributed by atoms with Crippen molar-refractivity contribution in [2.75, 3.05) is 26.2 Å². The molecule has 33 heavy (non-hydrogen) atoms. The van der Waals surface area contributed by atoms with Gasteiger partial charge in [-0.3, -0.25) is 14.5 Å². The summed E-state index contributed by atoms with van der Waals surface area (Å²) in [6.45, 7) is 4.23. The molecule has 0 atom stereocenters. The lowest BCUT2D eigenvalue weighted by atomic mass is 10.2. The number of benzene rings is 2. The number of imidazole rings is 1. The zero-order valence-corrected chi connectivity index (χ0v) is 18.6. The maximum absolute atomic E-state index is 12.8. The molecule has 1 saturated heterocycles. The van der Waals surface area contributed by atoms with E-state index < -0.39 is 0 Å². The molecular formula is C25H26N6O2. The Morgan fingerprint density at radius 3 is 2.36 bits per heavy atom. The Hall–Kier alpha value is -3.78. The molecule has 1 amide bonds. The molecule has 0 saturated carbocycles. The Balaban J connectivity index is 1.30. The second-order valence-corrected chi connectivity index (χ2v) is 8.34. The first-order chi connectivity index (χ1) is 16.1. The summed E-state index contributed by atoms with van der Waals surface area (Å²) in [5, 5.41) is 4.10. The molecule has 1 aliphatic rings. The first kappa shape index (κ1) is 21.1. The van der Waals surface area contributed by atoms with Gasteiger partial charge in [0.2, 0.25) is 0 Å². The van der Waals surface area contributed by atoms with Crippen LogP contribution in [0.25, 0.3) is 11.0 Å². The second-order valence-electron chi connectivity index (χ2n) is 8.34. The van der Waals surface area contributed by atoms with Gasteiger partial charge >= 0.3 is 0 Å². The Labute approximate surface area is 191 Å². The van der Waals surface area contributed by atoms with E-state index in [0.717, 1.165) is 43.0 Å². The number of nitrogens with zero attached hydrogens (tertiary/aromatic N) is 6. The summed E-state index contributed by atoms with van der Waals surface area (Å²) in [7, 11) is 1.55. The average molecular weight is 443 g/mol. The smallest absolute Gasteiger partial charge is 0.274 e. The number of amides is 1. The van der Waals surface area contributed by atoms with Crippen LogP contribution in [-0.4, -0.2) is 61.2 Å². The molecule has 0 unspecified atom stereocenters. The van der Waals surface area contributed by atoms with Crippen LogP contribution in [0.5, 0.6) is 0 Å². The summed E-state index contributed by atoms with van der Waals surface area (Å²) < 4.78 is 3.48. The van der Waals surface area contributed by atoms with Crippen LogP contribution in [0.15, 0.2) is 71.5 Å². The van der Waals surface area contributed by atoms with Gasteiger partial charge in [-0.2, -0.15) is 5.10 Å². The summed E-state index contributed by atoms with van der Waals surface area (Å²) in [6.07, 6.45) is 0. The monoisotopic (exact) mass is 442 g/mol. The van der Waals surface area contributed by atoms with E-state index in [2.05, 4.69) is 51.0 Å². The highest BCUT2D eigenvalue weighted by molar-refractivity contribution is 5.92. The highest BCUT2D eigenvalue weighted by Crippen LogP contribution is 2.20. The average Bonchev–Trinajstić information content (AvgIpc) is 3.18. The van der Waals surface area contributed by atoms with E-state index >= 15 is 0 Å². The minimum atomic E-state index is -0.227. The fourth-order valence-corrected chi connectivity index (χ4v) is 4.28. The van der Waals surface area contributed by atoms with Crippen molar-refractivity contribution >= 4 is 16.9 Å². The highest BCUT2D eigenvalue weighted by Gasteiger charge is 2.24. The lowest BCUT2D eigenvalue weighted by Gasteiger charge is -2.34. The lowest BCUT2D eigenvalue weighted by molar-refractivity contribution is 0.0616. The van der Waals surface area contributed by atoms with Gasteiger partial charge in [0.05, 0.1) is 17.6 Å². The van der Waals surface area contributed by atoms with Crippen LogP contribution in [-0.2, 0) is 20.1 Å². The molecule has 8 nitrogen and oxygen atoms in total. The number of carbonyl (C=O) groups excluding carboxylic acids is 1. The minimum absolute atomic E-state index is 0.137. The second kappa shape index (κ2) is 8.99. The minimum Gasteiger partial charge on any atom is -0.335 e. The molecule has 4 aromatic rings. The number of carbonyl (C=O) groups is 1. The number of aryl methyl sites for hydroxylation is 1. The standard InChI is InChI=1S/C25H26N6O2/c1-28-24(32)12-11-21(27-28)25(33)30-15-13-29(14-16-30)18-23-26-20-9-5-6-10-22(20)31(23)17-19-7-3-2-4-8-19/h2-12H,13-18H2,1H3. The van der Waals surface area contributed by atoms with E-state index in [4.69, 9.17) is 4.98 Å². The summed E-state index contributed by atoms with van der Waals surface area (Å²) in [4.78, 5) is 33.4. The Morgan fingerprint density at radius 1 is 0.879 bits per heavy atom. The number of hydrogen-bond acceptors (Lipinski definition) is 5. The number of piperazine rings is 1. The highest BCUT2D eigenvalue weighted by atomic mass is 16.2. The van der Waals surface area contributed by atoms with Crippen molar-refractivity contribution in [3.05, 3.63) is 94.2 Å². The molecular weight excluding hydrogens is 416 g/mol. The molecule has 0 N–H and O–H groups in total. The third kappa shape index (κ3) is 4.42. The van der Waals surface area contributed by atoms with Crippen LogP contribution in [0.1, 0.15) is 21.9 Å². The first-order valence-corrected chi connectivity index (χ1v) is 11.1. The fraction of sp³-hybridized carbons (Fsp3) is 0.280. The van der Waals surface area contributed by atoms with Crippen molar-refractivity contribution in [3.63, 3.8) is 0 Å². The first-order valence-electron chi connectivity index (χ1n) is 11.1. The predicted octanol–water partition coefficient (Wildman–Crippen LogP) is 2.14. The molecule has 1 aliphatic heterocycles. The summed E-state index contributed by atoms with van der Waals surface area (Å²) in [5.41, 5.74) is 3.44. The molecule has 1 fully saturated rings. The van der Waals surface area contributed by atoms with Gasteiger partial charge in [-0.1, -0.05) is 42.5 Å². The molecule has 5 rings (SSSR count). The van der Waals surface area contributed by atoms with Crippen molar-refractivity contribution in [1.82, 2.24) is 29.1 Å². The van der Waals surface area contributed by atoms with E-state index in [1.165, 1.54) is 22.4 Å². The zero-order chi connectivity index (χ0) is 22.8. The number of hydrogen-bond donors (Lipinski definition) is 0. The summed E-state index contributed by atoms with van der Waals surface area (Å²) in [6, 6.07) is 21.5. The molecule has 3 heterocycles. The van der Waals surface area contributed by atoms with Gasteiger partial charge in [0, 0.05) is 45.8 Å². The molecule has 0 spiro atoms. The molecule has 8 heteroatoms. The van der Waals surface area contributed by atoms with E-state index in [1.54, 1.807) is 11.9 Å². The normalized spacial score (nSPS) is 14.6. The van der Waals surface area contributed by atoms with Crippen molar-refractivity contribution in [3.8, 4) is 0 Å². The third-order valence-electron chi connectivity index (χ3n) is 6.12. The van der Waals surface area contributed by atoms with Crippen LogP contribution < -0.4 is 5.56 Å². The summed E-state index contributed by atoms with van der Waals surface area (Å²) >= 11 is 0. The van der Waals surface area contributed by atoms with E-state index in [9.17, 15) is 9.59 Å². The van der Waals surface area contributed by atoms with Crippen molar-refractivity contribution in [2.45, 2.75) is 13.1 Å². The molecule has 0 bridgehead atoms. The van der Waals surface area contributed by atoms with Crippen molar-refractivity contribution in [2.24, 2.45) is 7.05 Å². The summed E-state index contributed by atoms with van der Waals surface area (Å²) in [5.74, 6) is 0.890. The maximum atomic E-state index is 12.8. The predicted molar refractivity (Wildman–Crippen MR) is 126 cm³/mol. The lowest BCUT2D eigenvalue weighted by Crippen LogP contribution is -2.48. The quantitative estimate of drug-likeness (QED) is 0.473. The molecule has 2 aromatic carbocycles. The van der Waals surface area contributed by atoms with E-state index in [-0.39, 0.29) is 11.5 Å². The molecule has 0 aliphatic carbocycles. The van der Waals surface area contributed by atoms with Crippen molar-refractivity contribution in [1.29, 1.82) is 0 Å². The number of para-hydroxylation sites is 2. The molecule has 168 valence electrons. The van der Waals surface area contributed by atoms with Gasteiger partial charge in [0.1, 0.15) is 11.5 Å². The van der Waals surface area contributed by atoms with Gasteiger partial charge in [-0.15, -0.1) is 0 Å². The topological polar surface area (TPSA) is 76.3 Å². The number of aromatic nitrogens is 4. The van der Waals surface area contributed by atoms with Gasteiger partial charge in [0.25, 0.3) is 11.5 Å². The van der Waals surface area contributed by atoms with Crippen molar-refractivity contribution < 1.29 is 4.79 Å². The zero-order valence-electron chi connectivity index (χ0n) is 18.6. The third-order valence-corrected chi connectivity index (χ3v) is 6.12. The van der Waals surface area contributed by atoms with E-state index in [1.807, 2.05) is 18.2 Å². The SMILES string of the molecule is Cn1nc(C(=O)N2CCN(Cc3nc4ccccc4n3Cc3ccccc3)CC2)ccc1=O. The van der Waals surface area contributed by atoms with Crippen LogP contribution in [0, 0.1) is 0 Å². The largest absolute Gasteiger partial charge is 0.335 e. The Bertz CT molecular complexity index is 1340. The van der Waals surface area contributed by atoms with Gasteiger partial charge < -0.3 is 9.47 Å². The molecule has 2 aromatic heterocycles. The van der Waals surface area contributed by atoms with E-state index in [0.29, 0.717) is 18.8 Å². The van der Waals surface area contributed by atoms with Crippen LogP contribution in [0.2, 0.25) is 0 Å². The number of fused-ring (bicyclic) bond motifs is 1. The van der Waals surface area contributed by atoms with Crippen LogP contribution in [0.4, 0.5) is 0 Å². The van der Waals surface area contributed by atoms with Crippen LogP contribution >= 0.6 is 0 Å². The van der Waals surface area contributed by atoms with Crippen LogP contribution in [0.3, 0.4) is 0 Å². The number of rotatable bonds is 5. The van der Waals surface area contributed by atoms with Gasteiger partial charge in [0.15, 0.2) is 0 Å². The maximum Gasteiger partial charge on any atom is 0.274 e. The van der Waals surface area contributed by atoms with Gasteiger partial charge in [-0.05, 0) is 23.8 Å². The Kier molecular flexibility index (Phi) is 5.75. The van der Waals surface area contributed by atoms with Gasteiger partial charge in [-0.25, -0.2) is 9.67 Å². The molecule has 0 radical (unpaired) electrons. The Morgan fingerprint density at radius 2 is 1.61 bits per heavy atom.